The van der Waals surface area contributed by atoms with Crippen molar-refractivity contribution in [1.29, 1.82) is 0 Å². The van der Waals surface area contributed by atoms with E-state index < -0.39 is 35.2 Å². The van der Waals surface area contributed by atoms with Crippen molar-refractivity contribution in [2.24, 2.45) is 0 Å². The van der Waals surface area contributed by atoms with Gasteiger partial charge in [0.1, 0.15) is 0 Å². The highest BCUT2D eigenvalue weighted by Gasteiger charge is 2.33. The quantitative estimate of drug-likeness (QED) is 0.175. The zero-order valence-electron chi connectivity index (χ0n) is 18.6. The Hall–Kier alpha value is -4.23. The highest BCUT2D eigenvalue weighted by Crippen LogP contribution is 2.35. The van der Waals surface area contributed by atoms with Gasteiger partial charge in [0.05, 0.1) is 24.5 Å². The molecule has 34 heavy (non-hydrogen) atoms. The average Bonchev–Trinajstić information content (AvgIpc) is 3.10. The van der Waals surface area contributed by atoms with Gasteiger partial charge in [0.15, 0.2) is 18.1 Å². The van der Waals surface area contributed by atoms with Crippen LogP contribution in [0.2, 0.25) is 0 Å². The summed E-state index contributed by atoms with van der Waals surface area (Å²) < 4.78 is 10.5. The summed E-state index contributed by atoms with van der Waals surface area (Å²) >= 11 is 0. The Morgan fingerprint density at radius 1 is 1.09 bits per heavy atom. The van der Waals surface area contributed by atoms with E-state index in [0.29, 0.717) is 5.06 Å². The first-order valence-corrected chi connectivity index (χ1v) is 10.2. The molecular formula is C20H24N4O10. The molecule has 0 saturated carbocycles. The number of amides is 4. The first-order valence-electron chi connectivity index (χ1n) is 10.2. The summed E-state index contributed by atoms with van der Waals surface area (Å²) in [7, 11) is 1.30. The molecule has 1 fully saturated rings. The van der Waals surface area contributed by atoms with E-state index in [0.717, 1.165) is 6.07 Å². The molecule has 0 bridgehead atoms. The van der Waals surface area contributed by atoms with Gasteiger partial charge in [-0.25, -0.2) is 4.79 Å². The lowest BCUT2D eigenvalue weighted by atomic mass is 10.1. The SMILES string of the molecule is COc1cc(CCC(=O)ON2C(=O)CCC2=O)c([N+](=O)[O-])cc1OCC(=O)NCCNC(C)=O. The van der Waals surface area contributed by atoms with Gasteiger partial charge in [0.25, 0.3) is 23.4 Å². The summed E-state index contributed by atoms with van der Waals surface area (Å²) in [6.07, 6.45) is -0.600. The lowest BCUT2D eigenvalue weighted by Crippen LogP contribution is -2.36. The normalized spacial score (nSPS) is 12.8. The molecule has 1 saturated heterocycles. The van der Waals surface area contributed by atoms with Gasteiger partial charge in [0.2, 0.25) is 5.91 Å². The van der Waals surface area contributed by atoms with Gasteiger partial charge in [-0.05, 0) is 12.5 Å². The largest absolute Gasteiger partial charge is 0.493 e. The molecular weight excluding hydrogens is 456 g/mol. The third kappa shape index (κ3) is 7.43. The highest BCUT2D eigenvalue weighted by molar-refractivity contribution is 6.01. The number of aryl methyl sites for hydroxylation is 1. The molecule has 1 aliphatic heterocycles. The minimum absolute atomic E-state index is 0.0520. The van der Waals surface area contributed by atoms with Crippen LogP contribution in [0.5, 0.6) is 11.5 Å². The van der Waals surface area contributed by atoms with E-state index in [1.165, 1.54) is 20.1 Å². The van der Waals surface area contributed by atoms with Gasteiger partial charge in [0, 0.05) is 38.4 Å². The lowest BCUT2D eigenvalue weighted by molar-refractivity contribution is -0.385. The Balaban J connectivity index is 2.01. The van der Waals surface area contributed by atoms with Crippen LogP contribution in [0.3, 0.4) is 0 Å². The minimum Gasteiger partial charge on any atom is -0.493 e. The van der Waals surface area contributed by atoms with Crippen LogP contribution >= 0.6 is 0 Å². The molecule has 0 radical (unpaired) electrons. The zero-order chi connectivity index (χ0) is 25.3. The maximum Gasteiger partial charge on any atom is 0.333 e. The van der Waals surface area contributed by atoms with Crippen LogP contribution in [0.1, 0.15) is 31.7 Å². The van der Waals surface area contributed by atoms with Crippen molar-refractivity contribution >= 4 is 35.3 Å². The summed E-state index contributed by atoms with van der Waals surface area (Å²) in [6, 6.07) is 2.36. The summed E-state index contributed by atoms with van der Waals surface area (Å²) in [4.78, 5) is 73.4. The molecule has 0 aromatic heterocycles. The van der Waals surface area contributed by atoms with E-state index in [-0.39, 0.29) is 67.4 Å². The Morgan fingerprint density at radius 2 is 1.74 bits per heavy atom. The number of carbonyl (C=O) groups is 5. The number of imide groups is 1. The average molecular weight is 480 g/mol. The van der Waals surface area contributed by atoms with Gasteiger partial charge in [-0.2, -0.15) is 0 Å². The third-order valence-corrected chi connectivity index (χ3v) is 4.54. The van der Waals surface area contributed by atoms with Crippen molar-refractivity contribution in [3.05, 3.63) is 27.8 Å². The predicted molar refractivity (Wildman–Crippen MR) is 112 cm³/mol. The molecule has 1 heterocycles. The van der Waals surface area contributed by atoms with E-state index in [9.17, 15) is 34.1 Å². The monoisotopic (exact) mass is 480 g/mol. The lowest BCUT2D eigenvalue weighted by Gasteiger charge is -2.14. The Bertz CT molecular complexity index is 978. The van der Waals surface area contributed by atoms with Crippen LogP contribution in [-0.4, -0.2) is 66.4 Å². The number of hydroxylamine groups is 2. The van der Waals surface area contributed by atoms with Crippen LogP contribution in [0.25, 0.3) is 0 Å². The van der Waals surface area contributed by atoms with Crippen LogP contribution < -0.4 is 20.1 Å². The van der Waals surface area contributed by atoms with E-state index in [1.807, 2.05) is 0 Å². The Labute approximate surface area is 193 Å². The van der Waals surface area contributed by atoms with E-state index in [1.54, 1.807) is 0 Å². The first kappa shape index (κ1) is 26.0. The van der Waals surface area contributed by atoms with Gasteiger partial charge in [-0.15, -0.1) is 5.06 Å². The molecule has 0 spiro atoms. The van der Waals surface area contributed by atoms with Gasteiger partial charge < -0.3 is 24.9 Å². The molecule has 1 aliphatic rings. The molecule has 0 unspecified atom stereocenters. The summed E-state index contributed by atoms with van der Waals surface area (Å²) in [5.41, 5.74) is -0.270. The molecule has 4 amide bonds. The molecule has 1 aromatic carbocycles. The van der Waals surface area contributed by atoms with Crippen LogP contribution in [0.4, 0.5) is 5.69 Å². The summed E-state index contributed by atoms with van der Waals surface area (Å²) in [6.45, 7) is 1.28. The Morgan fingerprint density at radius 3 is 2.32 bits per heavy atom. The van der Waals surface area contributed by atoms with Crippen molar-refractivity contribution in [1.82, 2.24) is 15.7 Å². The van der Waals surface area contributed by atoms with Gasteiger partial charge >= 0.3 is 5.97 Å². The van der Waals surface area contributed by atoms with E-state index >= 15 is 0 Å². The second kappa shape index (κ2) is 12.1. The first-order chi connectivity index (χ1) is 16.1. The third-order valence-electron chi connectivity index (χ3n) is 4.54. The topological polar surface area (TPSA) is 183 Å². The number of methoxy groups -OCH3 is 1. The molecule has 184 valence electrons. The van der Waals surface area contributed by atoms with Crippen molar-refractivity contribution in [3.63, 3.8) is 0 Å². The molecule has 1 aromatic rings. The van der Waals surface area contributed by atoms with Crippen LogP contribution in [-0.2, 0) is 35.2 Å². The van der Waals surface area contributed by atoms with Crippen molar-refractivity contribution in [2.75, 3.05) is 26.8 Å². The van der Waals surface area contributed by atoms with Crippen LogP contribution in [0, 0.1) is 10.1 Å². The summed E-state index contributed by atoms with van der Waals surface area (Å²) in [5.74, 6) is -2.91. The van der Waals surface area contributed by atoms with E-state index in [4.69, 9.17) is 14.3 Å². The molecule has 2 N–H and O–H groups in total. The van der Waals surface area contributed by atoms with Crippen molar-refractivity contribution in [2.45, 2.75) is 32.6 Å². The number of hydrogen-bond acceptors (Lipinski definition) is 10. The standard InChI is InChI=1S/C20H24N4O10/c1-12(25)21-7-8-22-17(26)11-33-16-10-14(24(30)31)13(9-15(16)32-2)3-6-20(29)34-23-18(27)4-5-19(23)28/h9-10H,3-8,11H2,1-2H3,(H,21,25)(H,22,26). The zero-order valence-corrected chi connectivity index (χ0v) is 18.6. The maximum absolute atomic E-state index is 12.0. The van der Waals surface area contributed by atoms with Crippen molar-refractivity contribution in [3.8, 4) is 11.5 Å². The Kier molecular flexibility index (Phi) is 9.28. The number of nitro groups is 1. The number of nitro benzene ring substituents is 1. The summed E-state index contributed by atoms with van der Waals surface area (Å²) in [5, 5.41) is 16.9. The number of carbonyl (C=O) groups excluding carboxylic acids is 5. The number of ether oxygens (including phenoxy) is 2. The van der Waals surface area contributed by atoms with Crippen LogP contribution in [0.15, 0.2) is 12.1 Å². The number of nitrogens with one attached hydrogen (secondary N) is 2. The molecule has 2 rings (SSSR count). The van der Waals surface area contributed by atoms with Gasteiger partial charge in [-0.1, -0.05) is 0 Å². The fourth-order valence-electron chi connectivity index (χ4n) is 2.91. The molecule has 0 aliphatic carbocycles. The molecule has 14 nitrogen and oxygen atoms in total. The number of nitrogens with zero attached hydrogens (tertiary/aromatic N) is 2. The maximum atomic E-state index is 12.0. The van der Waals surface area contributed by atoms with Crippen molar-refractivity contribution < 1.29 is 43.2 Å². The minimum atomic E-state index is -0.909. The molecule has 0 atom stereocenters. The molecule has 14 heteroatoms. The van der Waals surface area contributed by atoms with Gasteiger partial charge in [-0.3, -0.25) is 29.3 Å². The number of hydrogen-bond donors (Lipinski definition) is 2. The fourth-order valence-corrected chi connectivity index (χ4v) is 2.91. The second-order valence-electron chi connectivity index (χ2n) is 7.06. The number of rotatable bonds is 12. The second-order valence-corrected chi connectivity index (χ2v) is 7.06. The predicted octanol–water partition coefficient (Wildman–Crippen LogP) is -0.226. The number of benzene rings is 1. The smallest absolute Gasteiger partial charge is 0.333 e. The highest BCUT2D eigenvalue weighted by atomic mass is 16.7. The fraction of sp³-hybridized carbons (Fsp3) is 0.450. The van der Waals surface area contributed by atoms with E-state index in [2.05, 4.69) is 10.6 Å².